The van der Waals surface area contributed by atoms with Crippen LogP contribution in [-0.2, 0) is 6.42 Å². The Kier molecular flexibility index (Phi) is 7.20. The van der Waals surface area contributed by atoms with E-state index in [0.29, 0.717) is 11.6 Å². The van der Waals surface area contributed by atoms with Crippen molar-refractivity contribution in [2.45, 2.75) is 12.5 Å². The van der Waals surface area contributed by atoms with E-state index in [1.807, 2.05) is 36.4 Å². The van der Waals surface area contributed by atoms with Gasteiger partial charge in [-0.05, 0) is 17.5 Å². The van der Waals surface area contributed by atoms with Gasteiger partial charge in [-0.2, -0.15) is 12.6 Å². The van der Waals surface area contributed by atoms with Gasteiger partial charge in [0.05, 0.1) is 6.04 Å². The fourth-order valence-electron chi connectivity index (χ4n) is 2.04. The highest BCUT2D eigenvalue weighted by molar-refractivity contribution is 7.81. The summed E-state index contributed by atoms with van der Waals surface area (Å²) < 4.78 is 0. The van der Waals surface area contributed by atoms with E-state index in [9.17, 15) is 0 Å². The van der Waals surface area contributed by atoms with Crippen LogP contribution in [0, 0.1) is 5.41 Å². The second-order valence-corrected chi connectivity index (χ2v) is 4.75. The van der Waals surface area contributed by atoms with Crippen molar-refractivity contribution < 1.29 is 0 Å². The van der Waals surface area contributed by atoms with Gasteiger partial charge in [0.1, 0.15) is 5.84 Å². The van der Waals surface area contributed by atoms with Gasteiger partial charge in [0.15, 0.2) is 0 Å². The highest BCUT2D eigenvalue weighted by atomic mass is 35.5. The normalized spacial score (nSPS) is 11.2. The number of nitrogens with one attached hydrogen (secondary N) is 2. The molecule has 20 heavy (non-hydrogen) atoms. The molecule has 2 rings (SSSR count). The summed E-state index contributed by atoms with van der Waals surface area (Å²) in [6, 6.07) is 20.7. The molecule has 0 aromatic heterocycles. The second-order valence-electron chi connectivity index (χ2n) is 4.43. The van der Waals surface area contributed by atoms with Crippen LogP contribution in [-0.4, -0.2) is 11.6 Å². The lowest BCUT2D eigenvalue weighted by molar-refractivity contribution is 0.640. The van der Waals surface area contributed by atoms with Gasteiger partial charge in [0.2, 0.25) is 0 Å². The number of amidine groups is 1. The number of hydrogen-bond donors (Lipinski definition) is 3. The second kappa shape index (κ2) is 8.67. The van der Waals surface area contributed by atoms with Gasteiger partial charge < -0.3 is 5.32 Å². The SMILES string of the molecule is Cl.N=C(CS)NC(Cc1ccccc1)c1ccccc1. The minimum Gasteiger partial charge on any atom is -0.366 e. The fourth-order valence-corrected chi connectivity index (χ4v) is 2.13. The molecule has 2 aromatic rings. The molecule has 0 saturated carbocycles. The molecule has 1 atom stereocenters. The molecule has 0 aliphatic heterocycles. The molecule has 0 spiro atoms. The van der Waals surface area contributed by atoms with Crippen LogP contribution < -0.4 is 5.32 Å². The first kappa shape index (κ1) is 16.6. The van der Waals surface area contributed by atoms with Crippen LogP contribution in [0.4, 0.5) is 0 Å². The number of hydrogen-bond acceptors (Lipinski definition) is 2. The summed E-state index contributed by atoms with van der Waals surface area (Å²) in [7, 11) is 0. The zero-order valence-electron chi connectivity index (χ0n) is 11.1. The first-order chi connectivity index (χ1) is 9.29. The third-order valence-corrected chi connectivity index (χ3v) is 3.31. The van der Waals surface area contributed by atoms with Crippen LogP contribution in [0.2, 0.25) is 0 Å². The third kappa shape index (κ3) is 4.91. The molecular weight excluding hydrogens is 288 g/mol. The Hall–Kier alpha value is -1.45. The number of thiol groups is 1. The van der Waals surface area contributed by atoms with Crippen molar-refractivity contribution in [3.05, 3.63) is 71.8 Å². The van der Waals surface area contributed by atoms with Crippen molar-refractivity contribution in [1.82, 2.24) is 5.32 Å². The lowest BCUT2D eigenvalue weighted by Gasteiger charge is -2.20. The maximum atomic E-state index is 7.80. The van der Waals surface area contributed by atoms with Gasteiger partial charge in [-0.1, -0.05) is 60.7 Å². The Balaban J connectivity index is 0.00000200. The quantitative estimate of drug-likeness (QED) is 0.437. The van der Waals surface area contributed by atoms with Crippen molar-refractivity contribution in [3.63, 3.8) is 0 Å². The van der Waals surface area contributed by atoms with E-state index in [2.05, 4.69) is 42.2 Å². The van der Waals surface area contributed by atoms with Gasteiger partial charge >= 0.3 is 0 Å². The molecule has 0 heterocycles. The molecule has 0 bridgehead atoms. The van der Waals surface area contributed by atoms with E-state index in [0.717, 1.165) is 6.42 Å². The summed E-state index contributed by atoms with van der Waals surface area (Å²) >= 11 is 4.14. The monoisotopic (exact) mass is 306 g/mol. The third-order valence-electron chi connectivity index (χ3n) is 2.99. The van der Waals surface area contributed by atoms with Crippen LogP contribution in [0.5, 0.6) is 0 Å². The van der Waals surface area contributed by atoms with Gasteiger partial charge in [-0.3, -0.25) is 5.41 Å². The molecule has 0 amide bonds. The van der Waals surface area contributed by atoms with E-state index >= 15 is 0 Å². The average molecular weight is 307 g/mol. The van der Waals surface area contributed by atoms with Crippen molar-refractivity contribution in [1.29, 1.82) is 5.41 Å². The predicted molar refractivity (Wildman–Crippen MR) is 91.3 cm³/mol. The minimum absolute atomic E-state index is 0. The molecule has 4 heteroatoms. The van der Waals surface area contributed by atoms with Crippen LogP contribution in [0.15, 0.2) is 60.7 Å². The highest BCUT2D eigenvalue weighted by Crippen LogP contribution is 2.18. The van der Waals surface area contributed by atoms with E-state index in [-0.39, 0.29) is 18.4 Å². The summed E-state index contributed by atoms with van der Waals surface area (Å²) in [6.45, 7) is 0. The molecule has 0 radical (unpaired) electrons. The lowest BCUT2D eigenvalue weighted by Crippen LogP contribution is -2.30. The Labute approximate surface area is 131 Å². The first-order valence-electron chi connectivity index (χ1n) is 6.33. The van der Waals surface area contributed by atoms with Gasteiger partial charge in [-0.25, -0.2) is 0 Å². The smallest absolute Gasteiger partial charge is 0.104 e. The van der Waals surface area contributed by atoms with Gasteiger partial charge in [-0.15, -0.1) is 12.4 Å². The molecule has 0 aliphatic rings. The molecule has 2 aromatic carbocycles. The molecule has 0 aliphatic carbocycles. The van der Waals surface area contributed by atoms with E-state index in [4.69, 9.17) is 5.41 Å². The average Bonchev–Trinajstić information content (AvgIpc) is 2.48. The summed E-state index contributed by atoms with van der Waals surface area (Å²) in [5.74, 6) is 0.881. The maximum Gasteiger partial charge on any atom is 0.104 e. The minimum atomic E-state index is 0. The Morgan fingerprint density at radius 2 is 1.55 bits per heavy atom. The molecule has 106 valence electrons. The predicted octanol–water partition coefficient (Wildman–Crippen LogP) is 3.89. The summed E-state index contributed by atoms with van der Waals surface area (Å²) in [6.07, 6.45) is 0.862. The number of rotatable bonds is 5. The van der Waals surface area contributed by atoms with Crippen molar-refractivity contribution >= 4 is 30.9 Å². The standard InChI is InChI=1S/C16H18N2S.ClH/c17-16(12-19)18-15(14-9-5-2-6-10-14)11-13-7-3-1-4-8-13;/h1-10,15,19H,11-12H2,(H2,17,18);1H. The highest BCUT2D eigenvalue weighted by Gasteiger charge is 2.12. The Morgan fingerprint density at radius 1 is 1.00 bits per heavy atom. The molecule has 2 nitrogen and oxygen atoms in total. The zero-order chi connectivity index (χ0) is 13.5. The summed E-state index contributed by atoms with van der Waals surface area (Å²) in [4.78, 5) is 0. The lowest BCUT2D eigenvalue weighted by atomic mass is 9.99. The maximum absolute atomic E-state index is 7.80. The largest absolute Gasteiger partial charge is 0.366 e. The molecule has 2 N–H and O–H groups in total. The van der Waals surface area contributed by atoms with Crippen molar-refractivity contribution in [2.24, 2.45) is 0 Å². The van der Waals surface area contributed by atoms with Crippen LogP contribution >= 0.6 is 25.0 Å². The van der Waals surface area contributed by atoms with E-state index in [1.165, 1.54) is 11.1 Å². The van der Waals surface area contributed by atoms with Gasteiger partial charge in [0.25, 0.3) is 0 Å². The fraction of sp³-hybridized carbons (Fsp3) is 0.188. The van der Waals surface area contributed by atoms with E-state index < -0.39 is 0 Å². The van der Waals surface area contributed by atoms with E-state index in [1.54, 1.807) is 0 Å². The summed E-state index contributed by atoms with van der Waals surface area (Å²) in [5.41, 5.74) is 2.45. The molecule has 1 unspecified atom stereocenters. The number of benzene rings is 2. The Bertz CT molecular complexity index is 517. The Morgan fingerprint density at radius 3 is 2.10 bits per heavy atom. The first-order valence-corrected chi connectivity index (χ1v) is 6.96. The van der Waals surface area contributed by atoms with Crippen LogP contribution in [0.1, 0.15) is 17.2 Å². The van der Waals surface area contributed by atoms with Crippen LogP contribution in [0.3, 0.4) is 0 Å². The molecule has 0 fully saturated rings. The van der Waals surface area contributed by atoms with Crippen LogP contribution in [0.25, 0.3) is 0 Å². The van der Waals surface area contributed by atoms with Crippen molar-refractivity contribution in [2.75, 3.05) is 5.75 Å². The van der Waals surface area contributed by atoms with Crippen molar-refractivity contribution in [3.8, 4) is 0 Å². The van der Waals surface area contributed by atoms with Gasteiger partial charge in [0, 0.05) is 5.75 Å². The zero-order valence-corrected chi connectivity index (χ0v) is 12.8. The topological polar surface area (TPSA) is 35.9 Å². The summed E-state index contributed by atoms with van der Waals surface area (Å²) in [5, 5.41) is 11.0. The molecule has 0 saturated heterocycles. The number of halogens is 1. The molecular formula is C16H19ClN2S.